The Balaban J connectivity index is 1.47. The number of esters is 1. The van der Waals surface area contributed by atoms with Crippen molar-refractivity contribution in [3.63, 3.8) is 0 Å². The fraction of sp³-hybridized carbons (Fsp3) is 0.389. The summed E-state index contributed by atoms with van der Waals surface area (Å²) < 4.78 is 5.56. The Morgan fingerprint density at radius 1 is 1.24 bits per heavy atom. The Labute approximate surface area is 150 Å². The first-order valence-electron chi connectivity index (χ1n) is 8.32. The molecule has 0 spiro atoms. The largest absolute Gasteiger partial charge is 0.445 e. The first kappa shape index (κ1) is 16.1. The van der Waals surface area contributed by atoms with Gasteiger partial charge in [0.1, 0.15) is 0 Å². The fourth-order valence-electron chi connectivity index (χ4n) is 3.46. The molecule has 2 aliphatic rings. The van der Waals surface area contributed by atoms with Crippen molar-refractivity contribution in [2.24, 2.45) is 0 Å². The van der Waals surface area contributed by atoms with E-state index in [1.165, 1.54) is 0 Å². The standard InChI is InChI=1S/C18H19N3O3S/c1-18(12-13-4-2-3-5-14(13)15(22)24-18)16(23)20-7-9-21(10-8-20)17-19-6-11-25-17/h2-6,11H,7-10,12H2,1H3. The third-order valence-electron chi connectivity index (χ3n) is 4.79. The molecule has 4 rings (SSSR count). The number of cyclic esters (lactones) is 1. The van der Waals surface area contributed by atoms with Crippen LogP contribution >= 0.6 is 11.3 Å². The minimum Gasteiger partial charge on any atom is -0.445 e. The number of nitrogens with zero attached hydrogens (tertiary/aromatic N) is 3. The number of thiazole rings is 1. The van der Waals surface area contributed by atoms with E-state index in [0.29, 0.717) is 25.1 Å². The lowest BCUT2D eigenvalue weighted by Gasteiger charge is -2.40. The van der Waals surface area contributed by atoms with Crippen molar-refractivity contribution in [2.75, 3.05) is 31.1 Å². The summed E-state index contributed by atoms with van der Waals surface area (Å²) in [5, 5.41) is 2.93. The first-order chi connectivity index (χ1) is 12.1. The van der Waals surface area contributed by atoms with Crippen molar-refractivity contribution < 1.29 is 14.3 Å². The molecule has 1 aromatic heterocycles. The van der Waals surface area contributed by atoms with Crippen LogP contribution in [0.15, 0.2) is 35.8 Å². The molecule has 6 nitrogen and oxygen atoms in total. The van der Waals surface area contributed by atoms with E-state index in [0.717, 1.165) is 23.8 Å². The zero-order valence-corrected chi connectivity index (χ0v) is 14.8. The maximum atomic E-state index is 13.0. The van der Waals surface area contributed by atoms with Crippen molar-refractivity contribution in [1.82, 2.24) is 9.88 Å². The highest BCUT2D eigenvalue weighted by molar-refractivity contribution is 7.13. The van der Waals surface area contributed by atoms with Crippen molar-refractivity contribution in [3.8, 4) is 0 Å². The van der Waals surface area contributed by atoms with Gasteiger partial charge in [0.2, 0.25) is 0 Å². The van der Waals surface area contributed by atoms with E-state index in [1.807, 2.05) is 23.6 Å². The van der Waals surface area contributed by atoms with E-state index in [4.69, 9.17) is 4.74 Å². The van der Waals surface area contributed by atoms with Gasteiger partial charge in [0.25, 0.3) is 5.91 Å². The average Bonchev–Trinajstić information content (AvgIpc) is 3.16. The van der Waals surface area contributed by atoms with Gasteiger partial charge in [0.15, 0.2) is 10.7 Å². The van der Waals surface area contributed by atoms with E-state index < -0.39 is 11.6 Å². The monoisotopic (exact) mass is 357 g/mol. The Morgan fingerprint density at radius 3 is 2.72 bits per heavy atom. The average molecular weight is 357 g/mol. The normalized spacial score (nSPS) is 23.2. The van der Waals surface area contributed by atoms with E-state index in [2.05, 4.69) is 9.88 Å². The Hall–Kier alpha value is -2.41. The predicted molar refractivity (Wildman–Crippen MR) is 94.9 cm³/mol. The number of hydrogen-bond acceptors (Lipinski definition) is 6. The molecule has 1 aromatic carbocycles. The van der Waals surface area contributed by atoms with Crippen LogP contribution in [0, 0.1) is 0 Å². The number of rotatable bonds is 2. The number of amides is 1. The number of ether oxygens (including phenoxy) is 1. The summed E-state index contributed by atoms with van der Waals surface area (Å²) >= 11 is 1.60. The van der Waals surface area contributed by atoms with Crippen LogP contribution in [-0.4, -0.2) is 53.5 Å². The zero-order chi connectivity index (χ0) is 17.4. The highest BCUT2D eigenvalue weighted by Gasteiger charge is 2.45. The molecule has 0 aliphatic carbocycles. The second-order valence-corrected chi connectivity index (χ2v) is 7.42. The minimum absolute atomic E-state index is 0.117. The van der Waals surface area contributed by atoms with Gasteiger partial charge in [-0.3, -0.25) is 4.79 Å². The molecule has 1 unspecified atom stereocenters. The van der Waals surface area contributed by atoms with Crippen LogP contribution < -0.4 is 4.90 Å². The summed E-state index contributed by atoms with van der Waals surface area (Å²) in [7, 11) is 0. The van der Waals surface area contributed by atoms with Crippen LogP contribution in [0.1, 0.15) is 22.8 Å². The fourth-order valence-corrected chi connectivity index (χ4v) is 4.16. The molecule has 0 saturated carbocycles. The summed E-state index contributed by atoms with van der Waals surface area (Å²) in [5.41, 5.74) is 0.298. The molecule has 1 atom stereocenters. The molecule has 1 amide bonds. The van der Waals surface area contributed by atoms with Crippen molar-refractivity contribution in [2.45, 2.75) is 18.9 Å². The number of carbonyl (C=O) groups is 2. The number of piperazine rings is 1. The third-order valence-corrected chi connectivity index (χ3v) is 5.62. The first-order valence-corrected chi connectivity index (χ1v) is 9.20. The van der Waals surface area contributed by atoms with Crippen LogP contribution in [0.4, 0.5) is 5.13 Å². The third kappa shape index (κ3) is 2.89. The molecule has 1 saturated heterocycles. The molecule has 25 heavy (non-hydrogen) atoms. The van der Waals surface area contributed by atoms with Gasteiger partial charge < -0.3 is 14.5 Å². The van der Waals surface area contributed by atoms with Crippen LogP contribution in [0.3, 0.4) is 0 Å². The lowest BCUT2D eigenvalue weighted by Crippen LogP contribution is -2.58. The van der Waals surface area contributed by atoms with Gasteiger partial charge in [-0.25, -0.2) is 9.78 Å². The number of anilines is 1. The summed E-state index contributed by atoms with van der Waals surface area (Å²) in [6, 6.07) is 7.33. The zero-order valence-electron chi connectivity index (χ0n) is 14.0. The summed E-state index contributed by atoms with van der Waals surface area (Å²) in [5.74, 6) is -0.534. The van der Waals surface area contributed by atoms with E-state index >= 15 is 0 Å². The number of benzene rings is 1. The quantitative estimate of drug-likeness (QED) is 0.769. The number of carbonyl (C=O) groups excluding carboxylic acids is 2. The summed E-state index contributed by atoms with van der Waals surface area (Å²) in [6.07, 6.45) is 2.21. The predicted octanol–water partition coefficient (Wildman–Crippen LogP) is 1.96. The number of hydrogen-bond donors (Lipinski definition) is 0. The van der Waals surface area contributed by atoms with Gasteiger partial charge in [0, 0.05) is 44.2 Å². The highest BCUT2D eigenvalue weighted by atomic mass is 32.1. The Morgan fingerprint density at radius 2 is 2.00 bits per heavy atom. The molecule has 3 heterocycles. The SMILES string of the molecule is CC1(C(=O)N2CCN(c3nccs3)CC2)Cc2ccccc2C(=O)O1. The molecule has 0 radical (unpaired) electrons. The molecule has 0 N–H and O–H groups in total. The van der Waals surface area contributed by atoms with Gasteiger partial charge in [-0.2, -0.15) is 0 Å². The van der Waals surface area contributed by atoms with Gasteiger partial charge in [0.05, 0.1) is 5.56 Å². The molecule has 2 aromatic rings. The van der Waals surface area contributed by atoms with Gasteiger partial charge in [-0.1, -0.05) is 18.2 Å². The van der Waals surface area contributed by atoms with Crippen molar-refractivity contribution in [1.29, 1.82) is 0 Å². The van der Waals surface area contributed by atoms with Crippen LogP contribution in [-0.2, 0) is 16.0 Å². The van der Waals surface area contributed by atoms with Crippen LogP contribution in [0.2, 0.25) is 0 Å². The lowest BCUT2D eigenvalue weighted by molar-refractivity contribution is -0.151. The minimum atomic E-state index is -1.13. The van der Waals surface area contributed by atoms with Gasteiger partial charge >= 0.3 is 5.97 Å². The molecule has 7 heteroatoms. The maximum absolute atomic E-state index is 13.0. The maximum Gasteiger partial charge on any atom is 0.339 e. The van der Waals surface area contributed by atoms with Gasteiger partial charge in [-0.05, 0) is 18.6 Å². The van der Waals surface area contributed by atoms with Crippen molar-refractivity contribution >= 4 is 28.3 Å². The second-order valence-electron chi connectivity index (χ2n) is 6.55. The van der Waals surface area contributed by atoms with Gasteiger partial charge in [-0.15, -0.1) is 11.3 Å². The van der Waals surface area contributed by atoms with Crippen LogP contribution in [0.5, 0.6) is 0 Å². The van der Waals surface area contributed by atoms with E-state index in [1.54, 1.807) is 35.4 Å². The molecule has 130 valence electrons. The summed E-state index contributed by atoms with van der Waals surface area (Å²) in [6.45, 7) is 4.40. The molecular weight excluding hydrogens is 338 g/mol. The highest BCUT2D eigenvalue weighted by Crippen LogP contribution is 2.30. The number of fused-ring (bicyclic) bond motifs is 1. The van der Waals surface area contributed by atoms with Crippen molar-refractivity contribution in [3.05, 3.63) is 47.0 Å². The second kappa shape index (κ2) is 6.15. The van der Waals surface area contributed by atoms with E-state index in [9.17, 15) is 9.59 Å². The molecular formula is C18H19N3O3S. The topological polar surface area (TPSA) is 62.7 Å². The molecule has 2 aliphatic heterocycles. The Kier molecular flexibility index (Phi) is 3.95. The Bertz CT molecular complexity index is 800. The summed E-state index contributed by atoms with van der Waals surface area (Å²) in [4.78, 5) is 33.6. The van der Waals surface area contributed by atoms with E-state index in [-0.39, 0.29) is 5.91 Å². The number of aromatic nitrogens is 1. The molecule has 1 fully saturated rings. The lowest BCUT2D eigenvalue weighted by atomic mass is 9.88. The smallest absolute Gasteiger partial charge is 0.339 e. The van der Waals surface area contributed by atoms with Crippen LogP contribution in [0.25, 0.3) is 0 Å². The molecule has 0 bridgehead atoms.